The molecule has 0 radical (unpaired) electrons. The van der Waals surface area contributed by atoms with Crippen molar-refractivity contribution in [1.29, 1.82) is 0 Å². The molecule has 1 amide bonds. The highest BCUT2D eigenvalue weighted by atomic mass is 32.2. The molecule has 1 atom stereocenters. The van der Waals surface area contributed by atoms with Crippen LogP contribution < -0.4 is 5.32 Å². The Balaban J connectivity index is 2.06. The predicted octanol–water partition coefficient (Wildman–Crippen LogP) is 3.10. The molecule has 1 heterocycles. The average Bonchev–Trinajstić information content (AvgIpc) is 2.64. The van der Waals surface area contributed by atoms with Gasteiger partial charge in [0.05, 0.1) is 4.90 Å². The van der Waals surface area contributed by atoms with Gasteiger partial charge >= 0.3 is 0 Å². The highest BCUT2D eigenvalue weighted by molar-refractivity contribution is 7.89. The van der Waals surface area contributed by atoms with E-state index in [0.717, 1.165) is 25.8 Å². The Hall–Kier alpha value is -1.44. The second-order valence-electron chi connectivity index (χ2n) is 8.17. The van der Waals surface area contributed by atoms with E-state index in [0.29, 0.717) is 30.7 Å². The van der Waals surface area contributed by atoms with E-state index >= 15 is 0 Å². The fourth-order valence-electron chi connectivity index (χ4n) is 3.88. The molecule has 1 unspecified atom stereocenters. The second-order valence-corrected chi connectivity index (χ2v) is 10.1. The lowest BCUT2D eigenvalue weighted by molar-refractivity contribution is 0.0939. The van der Waals surface area contributed by atoms with Gasteiger partial charge in [0.1, 0.15) is 0 Å². The van der Waals surface area contributed by atoms with Crippen LogP contribution in [0.5, 0.6) is 0 Å². The quantitative estimate of drug-likeness (QED) is 0.716. The number of rotatable bonds is 8. The zero-order valence-corrected chi connectivity index (χ0v) is 18.6. The Morgan fingerprint density at radius 1 is 1.21 bits per heavy atom. The van der Waals surface area contributed by atoms with Crippen molar-refractivity contribution < 1.29 is 13.2 Å². The van der Waals surface area contributed by atoms with Crippen molar-refractivity contribution in [3.8, 4) is 0 Å². The number of benzene rings is 1. The van der Waals surface area contributed by atoms with Gasteiger partial charge in [-0.2, -0.15) is 4.31 Å². The number of carbonyl (C=O) groups is 1. The third-order valence-electron chi connectivity index (χ3n) is 5.43. The summed E-state index contributed by atoms with van der Waals surface area (Å²) in [5.74, 6) is -0.240. The summed E-state index contributed by atoms with van der Waals surface area (Å²) in [5, 5.41) is 2.92. The molecule has 0 aromatic heterocycles. The minimum Gasteiger partial charge on any atom is -0.351 e. The van der Waals surface area contributed by atoms with Crippen LogP contribution in [-0.2, 0) is 10.0 Å². The maximum Gasteiger partial charge on any atom is 0.251 e. The highest BCUT2D eigenvalue weighted by Gasteiger charge is 2.31. The first-order chi connectivity index (χ1) is 13.1. The van der Waals surface area contributed by atoms with E-state index in [2.05, 4.69) is 37.9 Å². The van der Waals surface area contributed by atoms with Crippen LogP contribution in [0.3, 0.4) is 0 Å². The van der Waals surface area contributed by atoms with Crippen LogP contribution in [0, 0.1) is 0 Å². The van der Waals surface area contributed by atoms with Crippen molar-refractivity contribution in [1.82, 2.24) is 14.5 Å². The van der Waals surface area contributed by atoms with Gasteiger partial charge in [0.25, 0.3) is 5.91 Å². The highest BCUT2D eigenvalue weighted by Crippen LogP contribution is 2.25. The molecule has 28 heavy (non-hydrogen) atoms. The summed E-state index contributed by atoms with van der Waals surface area (Å²) in [4.78, 5) is 15.0. The molecular weight excluding hydrogens is 374 g/mol. The molecule has 1 aromatic rings. The molecule has 1 fully saturated rings. The zero-order valence-electron chi connectivity index (χ0n) is 17.8. The molecule has 6 nitrogen and oxygen atoms in total. The van der Waals surface area contributed by atoms with Crippen molar-refractivity contribution in [2.75, 3.05) is 19.6 Å². The number of hydrogen-bond donors (Lipinski definition) is 1. The van der Waals surface area contributed by atoms with Gasteiger partial charge in [-0.25, -0.2) is 8.42 Å². The van der Waals surface area contributed by atoms with Gasteiger partial charge in [0.15, 0.2) is 0 Å². The fraction of sp³-hybridized carbons (Fsp3) is 0.667. The van der Waals surface area contributed by atoms with Crippen LogP contribution in [0.15, 0.2) is 29.2 Å². The SMILES string of the molecule is CC(C)N(CCNC(=O)c1cccc(S(=O)(=O)N2CCCCC2C)c1)C(C)C. The number of amides is 1. The fourth-order valence-corrected chi connectivity index (χ4v) is 5.62. The molecular formula is C21H35N3O3S. The monoisotopic (exact) mass is 409 g/mol. The molecule has 0 bridgehead atoms. The summed E-state index contributed by atoms with van der Waals surface area (Å²) in [6, 6.07) is 7.17. The Kier molecular flexibility index (Phi) is 8.04. The van der Waals surface area contributed by atoms with Crippen LogP contribution in [0.25, 0.3) is 0 Å². The van der Waals surface area contributed by atoms with Crippen LogP contribution >= 0.6 is 0 Å². The van der Waals surface area contributed by atoms with Gasteiger partial charge in [-0.3, -0.25) is 9.69 Å². The first-order valence-electron chi connectivity index (χ1n) is 10.3. The normalized spacial score (nSPS) is 18.8. The second kappa shape index (κ2) is 9.85. The topological polar surface area (TPSA) is 69.7 Å². The van der Waals surface area contributed by atoms with Crippen LogP contribution in [0.2, 0.25) is 0 Å². The van der Waals surface area contributed by atoms with E-state index in [1.807, 2.05) is 6.92 Å². The molecule has 1 aliphatic rings. The van der Waals surface area contributed by atoms with Crippen molar-refractivity contribution in [2.45, 2.75) is 76.9 Å². The number of carbonyl (C=O) groups excluding carboxylic acids is 1. The molecule has 1 aliphatic heterocycles. The molecule has 1 N–H and O–H groups in total. The summed E-state index contributed by atoms with van der Waals surface area (Å²) in [6.07, 6.45) is 2.81. The van der Waals surface area contributed by atoms with Gasteiger partial charge in [-0.05, 0) is 65.7 Å². The molecule has 2 rings (SSSR count). The molecule has 1 saturated heterocycles. The first-order valence-corrected chi connectivity index (χ1v) is 11.7. The standard InChI is InChI=1S/C21H35N3O3S/c1-16(2)23(17(3)4)14-12-22-21(25)19-10-8-11-20(15-19)28(26,27)24-13-7-6-9-18(24)5/h8,10-11,15-18H,6-7,9,12-14H2,1-5H3,(H,22,25). The van der Waals surface area contributed by atoms with Crippen molar-refractivity contribution >= 4 is 15.9 Å². The third-order valence-corrected chi connectivity index (χ3v) is 7.44. The summed E-state index contributed by atoms with van der Waals surface area (Å²) in [7, 11) is -3.58. The number of hydrogen-bond acceptors (Lipinski definition) is 4. The summed E-state index contributed by atoms with van der Waals surface area (Å²) >= 11 is 0. The lowest BCUT2D eigenvalue weighted by Crippen LogP contribution is -2.42. The van der Waals surface area contributed by atoms with E-state index in [4.69, 9.17) is 0 Å². The molecule has 0 spiro atoms. The van der Waals surface area contributed by atoms with E-state index in [1.165, 1.54) is 6.07 Å². The number of nitrogens with one attached hydrogen (secondary N) is 1. The minimum atomic E-state index is -3.58. The largest absolute Gasteiger partial charge is 0.351 e. The number of nitrogens with zero attached hydrogens (tertiary/aromatic N) is 2. The van der Waals surface area contributed by atoms with Gasteiger partial charge in [0.2, 0.25) is 10.0 Å². The van der Waals surface area contributed by atoms with Crippen molar-refractivity contribution in [3.05, 3.63) is 29.8 Å². The minimum absolute atomic E-state index is 0.00529. The van der Waals surface area contributed by atoms with Gasteiger partial charge in [0, 0.05) is 43.3 Å². The van der Waals surface area contributed by atoms with E-state index < -0.39 is 10.0 Å². The summed E-state index contributed by atoms with van der Waals surface area (Å²) in [5.41, 5.74) is 0.381. The van der Waals surface area contributed by atoms with E-state index in [9.17, 15) is 13.2 Å². The Bertz CT molecular complexity index is 754. The van der Waals surface area contributed by atoms with E-state index in [-0.39, 0.29) is 16.8 Å². The Morgan fingerprint density at radius 2 is 1.89 bits per heavy atom. The van der Waals surface area contributed by atoms with Crippen molar-refractivity contribution in [2.24, 2.45) is 0 Å². The van der Waals surface area contributed by atoms with E-state index in [1.54, 1.807) is 22.5 Å². The van der Waals surface area contributed by atoms with Gasteiger partial charge in [-0.15, -0.1) is 0 Å². The number of sulfonamides is 1. The maximum atomic E-state index is 13.0. The zero-order chi connectivity index (χ0) is 20.9. The van der Waals surface area contributed by atoms with Gasteiger partial charge in [-0.1, -0.05) is 12.5 Å². The number of piperidine rings is 1. The third kappa shape index (κ3) is 5.55. The first kappa shape index (κ1) is 22.8. The Labute approximate surface area is 170 Å². The average molecular weight is 410 g/mol. The lowest BCUT2D eigenvalue weighted by atomic mass is 10.1. The van der Waals surface area contributed by atoms with Crippen molar-refractivity contribution in [3.63, 3.8) is 0 Å². The molecule has 7 heteroatoms. The molecule has 1 aromatic carbocycles. The Morgan fingerprint density at radius 3 is 2.50 bits per heavy atom. The lowest BCUT2D eigenvalue weighted by Gasteiger charge is -2.32. The van der Waals surface area contributed by atoms with Crippen LogP contribution in [0.1, 0.15) is 64.2 Å². The van der Waals surface area contributed by atoms with Crippen LogP contribution in [0.4, 0.5) is 0 Å². The molecule has 158 valence electrons. The molecule has 0 saturated carbocycles. The smallest absolute Gasteiger partial charge is 0.251 e. The van der Waals surface area contributed by atoms with Gasteiger partial charge < -0.3 is 5.32 Å². The summed E-state index contributed by atoms with van der Waals surface area (Å²) < 4.78 is 27.6. The van der Waals surface area contributed by atoms with Crippen LogP contribution in [-0.4, -0.2) is 61.3 Å². The maximum absolute atomic E-state index is 13.0. The molecule has 0 aliphatic carbocycles. The predicted molar refractivity (Wildman–Crippen MR) is 113 cm³/mol. The summed E-state index contributed by atoms with van der Waals surface area (Å²) in [6.45, 7) is 12.3.